The Morgan fingerprint density at radius 3 is 2.67 bits per heavy atom. The minimum atomic E-state index is -1.04. The Bertz CT molecular complexity index is 334. The van der Waals surface area contributed by atoms with Crippen molar-refractivity contribution in [2.75, 3.05) is 33.4 Å². The highest BCUT2D eigenvalue weighted by atomic mass is 16.5. The number of aliphatic carboxylic acids is 1. The number of likely N-dealkylation sites (tertiary alicyclic amines) is 1. The molecule has 0 aromatic rings. The van der Waals surface area contributed by atoms with Gasteiger partial charge in [0.15, 0.2) is 0 Å². The number of likely N-dealkylation sites (N-methyl/N-ethyl adjacent to an activating group) is 1. The van der Waals surface area contributed by atoms with Crippen molar-refractivity contribution in [3.8, 4) is 0 Å². The van der Waals surface area contributed by atoms with E-state index in [1.807, 2.05) is 4.90 Å². The van der Waals surface area contributed by atoms with Crippen LogP contribution < -0.4 is 0 Å². The molecular formula is C12H20N2O4. The first kappa shape index (κ1) is 13.3. The molecular weight excluding hydrogens is 236 g/mol. The summed E-state index contributed by atoms with van der Waals surface area (Å²) >= 11 is 0. The topological polar surface area (TPSA) is 70.1 Å². The molecule has 2 atom stereocenters. The van der Waals surface area contributed by atoms with Crippen molar-refractivity contribution < 1.29 is 19.4 Å². The van der Waals surface area contributed by atoms with Gasteiger partial charge in [-0.05, 0) is 26.3 Å². The molecule has 102 valence electrons. The number of carboxylic acids is 1. The molecule has 0 radical (unpaired) electrons. The number of fused-ring (bicyclic) bond motifs is 2. The van der Waals surface area contributed by atoms with E-state index >= 15 is 0 Å². The summed E-state index contributed by atoms with van der Waals surface area (Å²) in [5.41, 5.74) is 0. The van der Waals surface area contributed by atoms with Crippen LogP contribution >= 0.6 is 0 Å². The molecule has 0 aliphatic carbocycles. The highest BCUT2D eigenvalue weighted by Crippen LogP contribution is 2.28. The van der Waals surface area contributed by atoms with Crippen LogP contribution in [0.2, 0.25) is 0 Å². The molecule has 2 rings (SSSR count). The minimum Gasteiger partial charge on any atom is -0.480 e. The number of carbonyl (C=O) groups excluding carboxylic acids is 1. The lowest BCUT2D eigenvalue weighted by Gasteiger charge is -2.25. The number of hydrogen-bond acceptors (Lipinski definition) is 4. The molecule has 1 amide bonds. The SMILES string of the molecule is CN1C2CCC1CN(C(=O)COCC(=O)O)CC2. The standard InChI is InChI=1S/C12H20N2O4/c1-13-9-2-3-10(13)6-14(5-4-9)11(15)7-18-8-12(16)17/h9-10H,2-8H2,1H3,(H,16,17). The van der Waals surface area contributed by atoms with E-state index in [0.29, 0.717) is 12.1 Å². The van der Waals surface area contributed by atoms with Crippen molar-refractivity contribution >= 4 is 11.9 Å². The Kier molecular flexibility index (Phi) is 4.19. The van der Waals surface area contributed by atoms with E-state index in [4.69, 9.17) is 9.84 Å². The summed E-state index contributed by atoms with van der Waals surface area (Å²) in [5, 5.41) is 8.45. The molecule has 6 heteroatoms. The highest BCUT2D eigenvalue weighted by molar-refractivity contribution is 5.78. The molecule has 0 spiro atoms. The van der Waals surface area contributed by atoms with Gasteiger partial charge in [0.25, 0.3) is 0 Å². The average Bonchev–Trinajstić information content (AvgIpc) is 2.52. The third-order valence-corrected chi connectivity index (χ3v) is 3.95. The zero-order valence-corrected chi connectivity index (χ0v) is 10.7. The van der Waals surface area contributed by atoms with E-state index < -0.39 is 12.6 Å². The maximum absolute atomic E-state index is 11.9. The lowest BCUT2D eigenvalue weighted by Crippen LogP contribution is -2.41. The summed E-state index contributed by atoms with van der Waals surface area (Å²) in [6.07, 6.45) is 3.36. The average molecular weight is 256 g/mol. The van der Waals surface area contributed by atoms with Gasteiger partial charge in [-0.3, -0.25) is 9.69 Å². The summed E-state index contributed by atoms with van der Waals surface area (Å²) in [6, 6.07) is 1.04. The molecule has 2 heterocycles. The lowest BCUT2D eigenvalue weighted by atomic mass is 10.1. The monoisotopic (exact) mass is 256 g/mol. The van der Waals surface area contributed by atoms with Gasteiger partial charge in [-0.1, -0.05) is 0 Å². The maximum atomic E-state index is 11.9. The van der Waals surface area contributed by atoms with Crippen molar-refractivity contribution in [2.45, 2.75) is 31.3 Å². The van der Waals surface area contributed by atoms with Crippen LogP contribution in [0.3, 0.4) is 0 Å². The molecule has 2 saturated heterocycles. The molecule has 2 bridgehead atoms. The summed E-state index contributed by atoms with van der Waals surface area (Å²) < 4.78 is 4.85. The van der Waals surface area contributed by atoms with Gasteiger partial charge in [-0.25, -0.2) is 4.79 Å². The van der Waals surface area contributed by atoms with E-state index in [9.17, 15) is 9.59 Å². The second-order valence-electron chi connectivity index (χ2n) is 5.07. The Morgan fingerprint density at radius 2 is 1.94 bits per heavy atom. The number of ether oxygens (including phenoxy) is 1. The van der Waals surface area contributed by atoms with E-state index in [0.717, 1.165) is 25.9 Å². The number of amides is 1. The second-order valence-corrected chi connectivity index (χ2v) is 5.07. The van der Waals surface area contributed by atoms with E-state index in [1.54, 1.807) is 0 Å². The van der Waals surface area contributed by atoms with Gasteiger partial charge in [0.05, 0.1) is 0 Å². The fourth-order valence-electron chi connectivity index (χ4n) is 2.85. The Hall–Kier alpha value is -1.14. The second kappa shape index (κ2) is 5.67. The van der Waals surface area contributed by atoms with Crippen molar-refractivity contribution in [1.29, 1.82) is 0 Å². The molecule has 0 aromatic heterocycles. The molecule has 2 aliphatic heterocycles. The van der Waals surface area contributed by atoms with E-state index in [1.165, 1.54) is 6.42 Å². The molecule has 18 heavy (non-hydrogen) atoms. The third-order valence-electron chi connectivity index (χ3n) is 3.95. The third kappa shape index (κ3) is 3.00. The summed E-state index contributed by atoms with van der Waals surface area (Å²) in [6.45, 7) is 0.946. The van der Waals surface area contributed by atoms with Crippen LogP contribution in [-0.4, -0.2) is 72.2 Å². The van der Waals surface area contributed by atoms with Crippen molar-refractivity contribution in [3.05, 3.63) is 0 Å². The van der Waals surface area contributed by atoms with Crippen molar-refractivity contribution in [3.63, 3.8) is 0 Å². The van der Waals surface area contributed by atoms with Crippen molar-refractivity contribution in [1.82, 2.24) is 9.80 Å². The molecule has 0 aromatic carbocycles. The zero-order chi connectivity index (χ0) is 13.1. The molecule has 1 N–H and O–H groups in total. The number of nitrogens with zero attached hydrogens (tertiary/aromatic N) is 2. The largest absolute Gasteiger partial charge is 0.480 e. The fourth-order valence-corrected chi connectivity index (χ4v) is 2.85. The molecule has 6 nitrogen and oxygen atoms in total. The molecule has 2 unspecified atom stereocenters. The number of carbonyl (C=O) groups is 2. The minimum absolute atomic E-state index is 0.0998. The van der Waals surface area contributed by atoms with Gasteiger partial charge < -0.3 is 14.7 Å². The number of hydrogen-bond donors (Lipinski definition) is 1. The van der Waals surface area contributed by atoms with Gasteiger partial charge in [-0.15, -0.1) is 0 Å². The zero-order valence-electron chi connectivity index (χ0n) is 10.7. The first-order chi connectivity index (χ1) is 8.58. The normalized spacial score (nSPS) is 28.2. The Morgan fingerprint density at radius 1 is 1.22 bits per heavy atom. The van der Waals surface area contributed by atoms with Crippen LogP contribution in [0.1, 0.15) is 19.3 Å². The van der Waals surface area contributed by atoms with Gasteiger partial charge in [0, 0.05) is 25.2 Å². The molecule has 0 saturated carbocycles. The van der Waals surface area contributed by atoms with Gasteiger partial charge in [0.1, 0.15) is 13.2 Å². The summed E-state index contributed by atoms with van der Waals surface area (Å²) in [7, 11) is 2.12. The van der Waals surface area contributed by atoms with Crippen LogP contribution in [0.25, 0.3) is 0 Å². The van der Waals surface area contributed by atoms with Crippen LogP contribution in [-0.2, 0) is 14.3 Å². The first-order valence-corrected chi connectivity index (χ1v) is 6.37. The van der Waals surface area contributed by atoms with Crippen molar-refractivity contribution in [2.24, 2.45) is 0 Å². The number of rotatable bonds is 4. The number of carboxylic acid groups (broad SMARTS) is 1. The quantitative estimate of drug-likeness (QED) is 0.753. The van der Waals surface area contributed by atoms with E-state index in [2.05, 4.69) is 11.9 Å². The smallest absolute Gasteiger partial charge is 0.329 e. The van der Waals surface area contributed by atoms with E-state index in [-0.39, 0.29) is 12.5 Å². The predicted octanol–water partition coefficient (Wildman–Crippen LogP) is -0.217. The van der Waals surface area contributed by atoms with Crippen LogP contribution in [0, 0.1) is 0 Å². The van der Waals surface area contributed by atoms with Gasteiger partial charge in [0.2, 0.25) is 5.91 Å². The highest BCUT2D eigenvalue weighted by Gasteiger charge is 2.35. The summed E-state index contributed by atoms with van der Waals surface area (Å²) in [4.78, 5) is 26.4. The predicted molar refractivity (Wildman–Crippen MR) is 64.2 cm³/mol. The molecule has 2 fully saturated rings. The first-order valence-electron chi connectivity index (χ1n) is 6.37. The van der Waals surface area contributed by atoms with Gasteiger partial charge in [-0.2, -0.15) is 0 Å². The lowest BCUT2D eigenvalue weighted by molar-refractivity contribution is -0.145. The van der Waals surface area contributed by atoms with Crippen LogP contribution in [0.4, 0.5) is 0 Å². The van der Waals surface area contributed by atoms with Crippen LogP contribution in [0.15, 0.2) is 0 Å². The Balaban J connectivity index is 1.82. The maximum Gasteiger partial charge on any atom is 0.329 e. The molecule has 2 aliphatic rings. The van der Waals surface area contributed by atoms with Gasteiger partial charge >= 0.3 is 5.97 Å². The Labute approximate surface area is 106 Å². The van der Waals surface area contributed by atoms with Crippen LogP contribution in [0.5, 0.6) is 0 Å². The fraction of sp³-hybridized carbons (Fsp3) is 0.833. The summed E-state index contributed by atoms with van der Waals surface area (Å²) in [5.74, 6) is -1.14.